The van der Waals surface area contributed by atoms with Gasteiger partial charge in [-0.1, -0.05) is 0 Å². The largest absolute Gasteiger partial charge is 0.492 e. The van der Waals surface area contributed by atoms with Gasteiger partial charge in [0.2, 0.25) is 15.9 Å². The van der Waals surface area contributed by atoms with Crippen molar-refractivity contribution >= 4 is 15.9 Å². The number of rotatable bonds is 8. The molecule has 9 heteroatoms. The lowest BCUT2D eigenvalue weighted by atomic mass is 10.3. The van der Waals surface area contributed by atoms with Gasteiger partial charge in [0.1, 0.15) is 18.2 Å². The van der Waals surface area contributed by atoms with E-state index in [1.54, 1.807) is 4.90 Å². The van der Waals surface area contributed by atoms with Crippen LogP contribution in [0.25, 0.3) is 0 Å². The summed E-state index contributed by atoms with van der Waals surface area (Å²) in [5.74, 6) is -0.0462. The third-order valence-corrected chi connectivity index (χ3v) is 6.02. The SMILES string of the molecule is CN(C)CCC(=O)N1CCN(S(=O)(=O)CCOc2ccc(F)cc2)CC1. The molecule has 0 spiro atoms. The van der Waals surface area contributed by atoms with Crippen molar-refractivity contribution in [2.75, 3.05) is 59.2 Å². The lowest BCUT2D eigenvalue weighted by Crippen LogP contribution is -2.51. The second kappa shape index (κ2) is 9.29. The van der Waals surface area contributed by atoms with Crippen molar-refractivity contribution in [2.24, 2.45) is 0 Å². The Hall–Kier alpha value is -1.71. The van der Waals surface area contributed by atoms with Crippen molar-refractivity contribution in [3.05, 3.63) is 30.1 Å². The molecule has 1 aromatic rings. The molecule has 2 rings (SSSR count). The predicted molar refractivity (Wildman–Crippen MR) is 97.0 cm³/mol. The molecule has 0 bridgehead atoms. The Morgan fingerprint density at radius 1 is 1.15 bits per heavy atom. The minimum Gasteiger partial charge on any atom is -0.492 e. The highest BCUT2D eigenvalue weighted by molar-refractivity contribution is 7.89. The lowest BCUT2D eigenvalue weighted by molar-refractivity contribution is -0.132. The van der Waals surface area contributed by atoms with Gasteiger partial charge >= 0.3 is 0 Å². The fourth-order valence-electron chi connectivity index (χ4n) is 2.62. The van der Waals surface area contributed by atoms with Crippen molar-refractivity contribution in [2.45, 2.75) is 6.42 Å². The van der Waals surface area contributed by atoms with E-state index < -0.39 is 10.0 Å². The van der Waals surface area contributed by atoms with Crippen LogP contribution in [0.2, 0.25) is 0 Å². The Morgan fingerprint density at radius 2 is 1.77 bits per heavy atom. The van der Waals surface area contributed by atoms with Crippen LogP contribution >= 0.6 is 0 Å². The molecule has 0 N–H and O–H groups in total. The number of sulfonamides is 1. The quantitative estimate of drug-likeness (QED) is 0.654. The molecule has 1 heterocycles. The summed E-state index contributed by atoms with van der Waals surface area (Å²) < 4.78 is 44.4. The predicted octanol–water partition coefficient (Wildman–Crippen LogP) is 0.630. The first-order valence-corrected chi connectivity index (χ1v) is 10.2. The average Bonchev–Trinajstić information content (AvgIpc) is 2.61. The monoisotopic (exact) mass is 387 g/mol. The third kappa shape index (κ3) is 6.22. The maximum absolute atomic E-state index is 12.8. The van der Waals surface area contributed by atoms with Gasteiger partial charge < -0.3 is 14.5 Å². The van der Waals surface area contributed by atoms with Gasteiger partial charge in [-0.05, 0) is 38.4 Å². The molecular formula is C17H26FN3O4S. The van der Waals surface area contributed by atoms with Gasteiger partial charge in [-0.15, -0.1) is 0 Å². The molecule has 1 saturated heterocycles. The van der Waals surface area contributed by atoms with E-state index in [2.05, 4.69) is 0 Å². The van der Waals surface area contributed by atoms with E-state index >= 15 is 0 Å². The molecule has 0 saturated carbocycles. The summed E-state index contributed by atoms with van der Waals surface area (Å²) in [7, 11) is 0.369. The zero-order valence-corrected chi connectivity index (χ0v) is 16.0. The molecule has 0 unspecified atom stereocenters. The standard InChI is InChI=1S/C17H26FN3O4S/c1-19(2)8-7-17(22)20-9-11-21(12-10-20)26(23,24)14-13-25-16-5-3-15(18)4-6-16/h3-6H,7-14H2,1-2H3. The minimum absolute atomic E-state index is 0.00402. The fourth-order valence-corrected chi connectivity index (χ4v) is 3.89. The molecule has 1 amide bonds. The Balaban J connectivity index is 1.76. The summed E-state index contributed by atoms with van der Waals surface area (Å²) >= 11 is 0. The highest BCUT2D eigenvalue weighted by Gasteiger charge is 2.28. The summed E-state index contributed by atoms with van der Waals surface area (Å²) in [5.41, 5.74) is 0. The van der Waals surface area contributed by atoms with E-state index in [-0.39, 0.29) is 24.1 Å². The molecule has 1 aromatic carbocycles. The van der Waals surface area contributed by atoms with E-state index in [9.17, 15) is 17.6 Å². The second-order valence-corrected chi connectivity index (χ2v) is 8.54. The van der Waals surface area contributed by atoms with E-state index in [4.69, 9.17) is 4.74 Å². The van der Waals surface area contributed by atoms with Crippen LogP contribution in [-0.2, 0) is 14.8 Å². The van der Waals surface area contributed by atoms with Crippen molar-refractivity contribution in [1.82, 2.24) is 14.1 Å². The summed E-state index contributed by atoms with van der Waals surface area (Å²) in [6.07, 6.45) is 0.436. The lowest BCUT2D eigenvalue weighted by Gasteiger charge is -2.34. The number of piperazine rings is 1. The molecule has 0 aromatic heterocycles. The number of hydrogen-bond acceptors (Lipinski definition) is 5. The highest BCUT2D eigenvalue weighted by atomic mass is 32.2. The topological polar surface area (TPSA) is 70.2 Å². The summed E-state index contributed by atoms with van der Waals surface area (Å²) in [4.78, 5) is 15.8. The summed E-state index contributed by atoms with van der Waals surface area (Å²) in [5, 5.41) is 0. The van der Waals surface area contributed by atoms with E-state index in [0.717, 1.165) is 0 Å². The van der Waals surface area contributed by atoms with Gasteiger partial charge in [-0.2, -0.15) is 4.31 Å². The van der Waals surface area contributed by atoms with Crippen LogP contribution in [0, 0.1) is 5.82 Å². The van der Waals surface area contributed by atoms with E-state index in [1.807, 2.05) is 19.0 Å². The van der Waals surface area contributed by atoms with Gasteiger partial charge in [0.15, 0.2) is 0 Å². The second-order valence-electron chi connectivity index (χ2n) is 6.45. The minimum atomic E-state index is -3.45. The van der Waals surface area contributed by atoms with Crippen LogP contribution in [0.3, 0.4) is 0 Å². The molecule has 146 valence electrons. The Morgan fingerprint density at radius 3 is 2.35 bits per heavy atom. The van der Waals surface area contributed by atoms with Gasteiger partial charge in [0.05, 0.1) is 5.75 Å². The number of carbonyl (C=O) groups is 1. The Labute approximate surface area is 154 Å². The molecule has 0 atom stereocenters. The normalized spacial score (nSPS) is 16.1. The number of ether oxygens (including phenoxy) is 1. The van der Waals surface area contributed by atoms with Gasteiger partial charge in [-0.25, -0.2) is 12.8 Å². The molecule has 1 aliphatic heterocycles. The average molecular weight is 387 g/mol. The zero-order chi connectivity index (χ0) is 19.2. The Kier molecular flexibility index (Phi) is 7.36. The third-order valence-electron chi connectivity index (χ3n) is 4.18. The number of amides is 1. The number of nitrogens with zero attached hydrogens (tertiary/aromatic N) is 3. The number of benzene rings is 1. The van der Waals surface area contributed by atoms with Crippen LogP contribution in [-0.4, -0.2) is 87.6 Å². The Bertz CT molecular complexity index is 686. The van der Waals surface area contributed by atoms with Crippen LogP contribution in [0.15, 0.2) is 24.3 Å². The first-order chi connectivity index (χ1) is 12.3. The molecule has 1 fully saturated rings. The van der Waals surface area contributed by atoms with E-state index in [1.165, 1.54) is 28.6 Å². The van der Waals surface area contributed by atoms with Gasteiger partial charge in [0, 0.05) is 39.1 Å². The molecule has 7 nitrogen and oxygen atoms in total. The molecule has 1 aliphatic rings. The van der Waals surface area contributed by atoms with Gasteiger partial charge in [0.25, 0.3) is 0 Å². The van der Waals surface area contributed by atoms with Crippen molar-refractivity contribution in [1.29, 1.82) is 0 Å². The fraction of sp³-hybridized carbons (Fsp3) is 0.588. The van der Waals surface area contributed by atoms with Crippen LogP contribution in [0.1, 0.15) is 6.42 Å². The van der Waals surface area contributed by atoms with Crippen LogP contribution in [0.4, 0.5) is 4.39 Å². The van der Waals surface area contributed by atoms with Crippen LogP contribution < -0.4 is 4.74 Å². The van der Waals surface area contributed by atoms with Crippen molar-refractivity contribution < 1.29 is 22.3 Å². The van der Waals surface area contributed by atoms with Crippen molar-refractivity contribution in [3.63, 3.8) is 0 Å². The number of carbonyl (C=O) groups excluding carboxylic acids is 1. The maximum atomic E-state index is 12.8. The maximum Gasteiger partial charge on any atom is 0.223 e. The van der Waals surface area contributed by atoms with Gasteiger partial charge in [-0.3, -0.25) is 4.79 Å². The van der Waals surface area contributed by atoms with Crippen LogP contribution in [0.5, 0.6) is 5.75 Å². The summed E-state index contributed by atoms with van der Waals surface area (Å²) in [6.45, 7) is 2.09. The highest BCUT2D eigenvalue weighted by Crippen LogP contribution is 2.13. The van der Waals surface area contributed by atoms with Crippen molar-refractivity contribution in [3.8, 4) is 5.75 Å². The number of hydrogen-bond donors (Lipinski definition) is 0. The smallest absolute Gasteiger partial charge is 0.223 e. The molecule has 0 radical (unpaired) electrons. The molecule has 0 aliphatic carbocycles. The van der Waals surface area contributed by atoms with E-state index in [0.29, 0.717) is 44.9 Å². The number of halogens is 1. The first kappa shape index (κ1) is 20.6. The first-order valence-electron chi connectivity index (χ1n) is 8.56. The molecule has 26 heavy (non-hydrogen) atoms. The molecular weight excluding hydrogens is 361 g/mol. The zero-order valence-electron chi connectivity index (χ0n) is 15.2. The summed E-state index contributed by atoms with van der Waals surface area (Å²) in [6, 6.07) is 5.44.